The minimum atomic E-state index is 0.212. The molecule has 130 valence electrons. The first-order valence-corrected chi connectivity index (χ1v) is 9.23. The first kappa shape index (κ1) is 16.8. The second-order valence-electron chi connectivity index (χ2n) is 6.41. The first-order chi connectivity index (χ1) is 12.8. The average Bonchev–Trinajstić information content (AvgIpc) is 3.11. The van der Waals surface area contributed by atoms with Gasteiger partial charge in [0.25, 0.3) is 0 Å². The van der Waals surface area contributed by atoms with Gasteiger partial charge in [-0.25, -0.2) is 0 Å². The molecule has 0 saturated carbocycles. The number of para-hydroxylation sites is 1. The molecule has 0 aliphatic heterocycles. The van der Waals surface area contributed by atoms with E-state index in [4.69, 9.17) is 11.6 Å². The second-order valence-corrected chi connectivity index (χ2v) is 6.82. The third kappa shape index (κ3) is 3.50. The lowest BCUT2D eigenvalue weighted by Crippen LogP contribution is -2.83. The van der Waals surface area contributed by atoms with Gasteiger partial charge in [-0.3, -0.25) is 4.98 Å². The van der Waals surface area contributed by atoms with Crippen molar-refractivity contribution < 1.29 is 5.32 Å². The van der Waals surface area contributed by atoms with Crippen molar-refractivity contribution in [2.45, 2.75) is 12.5 Å². The lowest BCUT2D eigenvalue weighted by atomic mass is 9.90. The van der Waals surface area contributed by atoms with Crippen LogP contribution in [0.25, 0.3) is 10.9 Å². The smallest absolute Gasteiger partial charge is 0.118 e. The summed E-state index contributed by atoms with van der Waals surface area (Å²) in [6.07, 6.45) is 3.96. The van der Waals surface area contributed by atoms with E-state index in [2.05, 4.69) is 63.9 Å². The normalized spacial score (nSPS) is 12.3. The number of H-pyrrole nitrogens is 1. The molecule has 0 radical (unpaired) electrons. The Morgan fingerprint density at radius 3 is 2.58 bits per heavy atom. The van der Waals surface area contributed by atoms with Crippen LogP contribution in [0.5, 0.6) is 0 Å². The second kappa shape index (κ2) is 7.73. The van der Waals surface area contributed by atoms with Crippen molar-refractivity contribution in [3.05, 3.63) is 101 Å². The van der Waals surface area contributed by atoms with Gasteiger partial charge in [0, 0.05) is 28.3 Å². The molecule has 3 N–H and O–H groups in total. The van der Waals surface area contributed by atoms with Gasteiger partial charge in [0.2, 0.25) is 0 Å². The minimum absolute atomic E-state index is 0.212. The number of nitrogens with one attached hydrogen (secondary N) is 1. The lowest BCUT2D eigenvalue weighted by Gasteiger charge is -2.17. The number of quaternary nitrogens is 1. The number of pyridine rings is 1. The number of nitrogens with zero attached hydrogens (tertiary/aromatic N) is 1. The van der Waals surface area contributed by atoms with Gasteiger partial charge >= 0.3 is 0 Å². The average molecular weight is 363 g/mol. The first-order valence-electron chi connectivity index (χ1n) is 8.85. The lowest BCUT2D eigenvalue weighted by molar-refractivity contribution is -0.672. The number of hydrogen-bond donors (Lipinski definition) is 2. The van der Waals surface area contributed by atoms with E-state index in [9.17, 15) is 0 Å². The molecule has 4 heteroatoms. The number of nitrogens with two attached hydrogens (primary N) is 1. The molecule has 2 heterocycles. The van der Waals surface area contributed by atoms with Crippen molar-refractivity contribution in [3.63, 3.8) is 0 Å². The highest BCUT2D eigenvalue weighted by molar-refractivity contribution is 6.31. The quantitative estimate of drug-likeness (QED) is 0.532. The molecule has 0 saturated heterocycles. The number of fused-ring (bicyclic) bond motifs is 1. The number of rotatable bonds is 6. The van der Waals surface area contributed by atoms with Crippen LogP contribution < -0.4 is 5.32 Å². The predicted octanol–water partition coefficient (Wildman–Crippen LogP) is 4.11. The number of aromatic nitrogens is 2. The van der Waals surface area contributed by atoms with Crippen LogP contribution in [0, 0.1) is 0 Å². The van der Waals surface area contributed by atoms with E-state index in [1.54, 1.807) is 0 Å². The number of hydrogen-bond acceptors (Lipinski definition) is 1. The summed E-state index contributed by atoms with van der Waals surface area (Å²) in [6, 6.07) is 22.6. The molecule has 26 heavy (non-hydrogen) atoms. The van der Waals surface area contributed by atoms with Crippen LogP contribution in [0.3, 0.4) is 0 Å². The van der Waals surface area contributed by atoms with E-state index < -0.39 is 0 Å². The molecule has 4 aromatic rings. The zero-order chi connectivity index (χ0) is 17.8. The molecule has 4 rings (SSSR count). The van der Waals surface area contributed by atoms with E-state index in [-0.39, 0.29) is 5.92 Å². The summed E-state index contributed by atoms with van der Waals surface area (Å²) in [5, 5.41) is 4.37. The molecule has 0 spiro atoms. The summed E-state index contributed by atoms with van der Waals surface area (Å²) in [5.41, 5.74) is 4.69. The molecule has 1 atom stereocenters. The molecule has 0 bridgehead atoms. The van der Waals surface area contributed by atoms with Crippen LogP contribution in [-0.2, 0) is 6.54 Å². The maximum Gasteiger partial charge on any atom is 0.118 e. The van der Waals surface area contributed by atoms with Crippen LogP contribution in [-0.4, -0.2) is 16.5 Å². The van der Waals surface area contributed by atoms with Gasteiger partial charge < -0.3 is 10.3 Å². The molecule has 3 nitrogen and oxygen atoms in total. The Hall–Kier alpha value is -2.62. The number of halogens is 1. The highest BCUT2D eigenvalue weighted by atomic mass is 35.5. The Kier molecular flexibility index (Phi) is 5.00. The summed E-state index contributed by atoms with van der Waals surface area (Å²) < 4.78 is 0. The Labute approximate surface area is 158 Å². The van der Waals surface area contributed by atoms with E-state index in [0.29, 0.717) is 0 Å². The Balaban J connectivity index is 1.65. The van der Waals surface area contributed by atoms with Gasteiger partial charge in [0.05, 0.1) is 18.2 Å². The van der Waals surface area contributed by atoms with E-state index >= 15 is 0 Å². The molecular weight excluding hydrogens is 342 g/mol. The molecule has 0 amide bonds. The van der Waals surface area contributed by atoms with Crippen LogP contribution in [0.1, 0.15) is 22.7 Å². The summed E-state index contributed by atoms with van der Waals surface area (Å²) >= 11 is 6.55. The van der Waals surface area contributed by atoms with Crippen molar-refractivity contribution in [2.75, 3.05) is 6.54 Å². The number of aromatic amines is 1. The summed E-state index contributed by atoms with van der Waals surface area (Å²) in [4.78, 5) is 7.81. The van der Waals surface area contributed by atoms with Gasteiger partial charge in [0.15, 0.2) is 0 Å². The maximum absolute atomic E-state index is 6.55. The fraction of sp³-hybridized carbons (Fsp3) is 0.136. The summed E-state index contributed by atoms with van der Waals surface area (Å²) in [6.45, 7) is 1.76. The summed E-state index contributed by atoms with van der Waals surface area (Å²) in [7, 11) is 0. The van der Waals surface area contributed by atoms with Crippen LogP contribution >= 0.6 is 11.6 Å². The van der Waals surface area contributed by atoms with Gasteiger partial charge in [-0.05, 0) is 35.4 Å². The topological polar surface area (TPSA) is 45.3 Å². The SMILES string of the molecule is Clc1ccccc1[C@H](C[NH2+]Cc1ccccn1)c1c[nH]c2ccccc12. The minimum Gasteiger partial charge on any atom is -0.361 e. The Bertz CT molecular complexity index is 994. The predicted molar refractivity (Wildman–Crippen MR) is 106 cm³/mol. The number of benzene rings is 2. The largest absolute Gasteiger partial charge is 0.361 e. The fourth-order valence-corrected chi connectivity index (χ4v) is 3.75. The maximum atomic E-state index is 6.55. The Morgan fingerprint density at radius 2 is 1.73 bits per heavy atom. The van der Waals surface area contributed by atoms with Crippen molar-refractivity contribution in [1.82, 2.24) is 9.97 Å². The van der Waals surface area contributed by atoms with E-state index in [1.165, 1.54) is 10.9 Å². The molecule has 0 aliphatic rings. The molecule has 2 aromatic carbocycles. The van der Waals surface area contributed by atoms with Crippen LogP contribution in [0.2, 0.25) is 5.02 Å². The van der Waals surface area contributed by atoms with Crippen molar-refractivity contribution in [2.24, 2.45) is 0 Å². The van der Waals surface area contributed by atoms with Gasteiger partial charge in [0.1, 0.15) is 6.54 Å². The zero-order valence-electron chi connectivity index (χ0n) is 14.4. The van der Waals surface area contributed by atoms with Crippen molar-refractivity contribution in [1.29, 1.82) is 0 Å². The van der Waals surface area contributed by atoms with Crippen LogP contribution in [0.4, 0.5) is 0 Å². The molecule has 0 fully saturated rings. The van der Waals surface area contributed by atoms with Crippen LogP contribution in [0.15, 0.2) is 79.1 Å². The third-order valence-electron chi connectivity index (χ3n) is 4.76. The highest BCUT2D eigenvalue weighted by Crippen LogP contribution is 2.33. The zero-order valence-corrected chi connectivity index (χ0v) is 15.2. The summed E-state index contributed by atoms with van der Waals surface area (Å²) in [5.74, 6) is 0.212. The van der Waals surface area contributed by atoms with Crippen molar-refractivity contribution in [3.8, 4) is 0 Å². The van der Waals surface area contributed by atoms with Crippen molar-refractivity contribution >= 4 is 22.5 Å². The standard InChI is InChI=1S/C22H20ClN3/c23-21-10-3-1-8-17(21)19(14-24-13-16-7-5-6-12-25-16)20-15-26-22-11-4-2-9-18(20)22/h1-12,15,19,24,26H,13-14H2/p+1/t19-/m0/s1. The Morgan fingerprint density at radius 1 is 0.923 bits per heavy atom. The van der Waals surface area contributed by atoms with E-state index in [0.717, 1.165) is 34.9 Å². The molecule has 2 aromatic heterocycles. The van der Waals surface area contributed by atoms with Gasteiger partial charge in [-0.15, -0.1) is 0 Å². The van der Waals surface area contributed by atoms with Gasteiger partial charge in [-0.1, -0.05) is 54.1 Å². The monoisotopic (exact) mass is 362 g/mol. The molecule has 0 aliphatic carbocycles. The molecule has 0 unspecified atom stereocenters. The highest BCUT2D eigenvalue weighted by Gasteiger charge is 2.22. The van der Waals surface area contributed by atoms with E-state index in [1.807, 2.05) is 30.5 Å². The van der Waals surface area contributed by atoms with Gasteiger partial charge in [-0.2, -0.15) is 0 Å². The molecular formula is C22H21ClN3+. The fourth-order valence-electron chi connectivity index (χ4n) is 3.48. The third-order valence-corrected chi connectivity index (χ3v) is 5.10.